The van der Waals surface area contributed by atoms with Crippen LogP contribution in [-0.4, -0.2) is 14.6 Å². The van der Waals surface area contributed by atoms with E-state index < -0.39 is 0 Å². The minimum absolute atomic E-state index is 0.277. The van der Waals surface area contributed by atoms with Crippen LogP contribution < -0.4 is 5.73 Å². The van der Waals surface area contributed by atoms with Crippen LogP contribution in [-0.2, 0) is 0 Å². The highest BCUT2D eigenvalue weighted by molar-refractivity contribution is 6.30. The summed E-state index contributed by atoms with van der Waals surface area (Å²) < 4.78 is 1.53. The van der Waals surface area contributed by atoms with E-state index in [9.17, 15) is 5.26 Å². The Morgan fingerprint density at radius 2 is 1.73 bits per heavy atom. The third-order valence-electron chi connectivity index (χ3n) is 4.27. The molecule has 26 heavy (non-hydrogen) atoms. The van der Waals surface area contributed by atoms with Crippen LogP contribution in [0, 0.1) is 18.3 Å². The van der Waals surface area contributed by atoms with Crippen molar-refractivity contribution in [1.29, 1.82) is 5.26 Å². The number of rotatable bonds is 2. The van der Waals surface area contributed by atoms with Gasteiger partial charge in [0.05, 0.1) is 11.4 Å². The summed E-state index contributed by atoms with van der Waals surface area (Å²) in [6, 6.07) is 19.2. The molecular weight excluding hydrogens is 346 g/mol. The predicted octanol–water partition coefficient (Wildman–Crippen LogP) is 4.48. The SMILES string of the molecule is Cc1nn2c(N)c(C#N)c(-c3ccccc3)nc2c1-c1ccc(Cl)cc1. The van der Waals surface area contributed by atoms with Crippen molar-refractivity contribution < 1.29 is 0 Å². The molecule has 2 aromatic heterocycles. The number of nitrogens with zero attached hydrogens (tertiary/aromatic N) is 4. The highest BCUT2D eigenvalue weighted by atomic mass is 35.5. The van der Waals surface area contributed by atoms with Crippen molar-refractivity contribution in [2.75, 3.05) is 5.73 Å². The van der Waals surface area contributed by atoms with Crippen LogP contribution in [0.2, 0.25) is 5.02 Å². The van der Waals surface area contributed by atoms with Crippen molar-refractivity contribution in [2.24, 2.45) is 0 Å². The Labute approximate surface area is 155 Å². The van der Waals surface area contributed by atoms with Gasteiger partial charge in [-0.3, -0.25) is 0 Å². The van der Waals surface area contributed by atoms with Crippen LogP contribution in [0.25, 0.3) is 28.0 Å². The van der Waals surface area contributed by atoms with Crippen molar-refractivity contribution in [2.45, 2.75) is 6.92 Å². The first kappa shape index (κ1) is 16.1. The third kappa shape index (κ3) is 2.48. The molecule has 2 aromatic carbocycles. The van der Waals surface area contributed by atoms with Gasteiger partial charge in [-0.2, -0.15) is 14.9 Å². The lowest BCUT2D eigenvalue weighted by molar-refractivity contribution is 0.927. The molecule has 126 valence electrons. The molecule has 6 heteroatoms. The molecule has 0 fully saturated rings. The summed E-state index contributed by atoms with van der Waals surface area (Å²) in [5.41, 5.74) is 11.2. The fraction of sp³-hybridized carbons (Fsp3) is 0.0500. The van der Waals surface area contributed by atoms with E-state index >= 15 is 0 Å². The van der Waals surface area contributed by atoms with Crippen LogP contribution in [0.4, 0.5) is 5.82 Å². The molecule has 0 atom stereocenters. The monoisotopic (exact) mass is 359 g/mol. The molecule has 4 aromatic rings. The first-order valence-corrected chi connectivity index (χ1v) is 8.38. The second kappa shape index (κ2) is 6.17. The van der Waals surface area contributed by atoms with E-state index in [1.807, 2.05) is 61.5 Å². The van der Waals surface area contributed by atoms with Crippen LogP contribution in [0.3, 0.4) is 0 Å². The van der Waals surface area contributed by atoms with Crippen LogP contribution in [0.15, 0.2) is 54.6 Å². The molecule has 0 bridgehead atoms. The van der Waals surface area contributed by atoms with Gasteiger partial charge in [0, 0.05) is 16.1 Å². The molecule has 0 aliphatic carbocycles. The average Bonchev–Trinajstić information content (AvgIpc) is 2.99. The summed E-state index contributed by atoms with van der Waals surface area (Å²) in [6.07, 6.45) is 0. The molecule has 0 spiro atoms. The molecule has 0 unspecified atom stereocenters. The zero-order chi connectivity index (χ0) is 18.3. The van der Waals surface area contributed by atoms with Gasteiger partial charge in [-0.05, 0) is 24.6 Å². The molecular formula is C20H14ClN5. The van der Waals surface area contributed by atoms with Crippen molar-refractivity contribution in [1.82, 2.24) is 14.6 Å². The molecule has 0 saturated carbocycles. The van der Waals surface area contributed by atoms with Crippen molar-refractivity contribution >= 4 is 23.1 Å². The average molecular weight is 360 g/mol. The lowest BCUT2D eigenvalue weighted by Crippen LogP contribution is -2.06. The Hall–Kier alpha value is -3.36. The number of nitriles is 1. The minimum atomic E-state index is 0.277. The van der Waals surface area contributed by atoms with E-state index in [4.69, 9.17) is 22.3 Å². The maximum Gasteiger partial charge on any atom is 0.166 e. The second-order valence-electron chi connectivity index (χ2n) is 5.90. The van der Waals surface area contributed by atoms with Crippen molar-refractivity contribution in [3.05, 3.63) is 70.9 Å². The van der Waals surface area contributed by atoms with Crippen LogP contribution in [0.1, 0.15) is 11.3 Å². The van der Waals surface area contributed by atoms with Crippen LogP contribution in [0.5, 0.6) is 0 Å². The highest BCUT2D eigenvalue weighted by Crippen LogP contribution is 2.33. The number of hydrogen-bond donors (Lipinski definition) is 1. The van der Waals surface area contributed by atoms with E-state index in [1.165, 1.54) is 4.52 Å². The fourth-order valence-electron chi connectivity index (χ4n) is 3.04. The van der Waals surface area contributed by atoms with E-state index in [0.717, 1.165) is 22.4 Å². The standard InChI is InChI=1S/C20H14ClN5/c1-12-17(13-7-9-15(21)10-8-13)20-24-18(14-5-3-2-4-6-14)16(11-22)19(23)26(20)25-12/h2-10H,23H2,1H3. The number of benzene rings is 2. The quantitative estimate of drug-likeness (QED) is 0.572. The maximum atomic E-state index is 9.62. The van der Waals surface area contributed by atoms with Gasteiger partial charge in [0.15, 0.2) is 5.65 Å². The Bertz CT molecular complexity index is 1160. The first-order valence-electron chi connectivity index (χ1n) is 8.00. The number of nitrogen functional groups attached to an aromatic ring is 1. The van der Waals surface area contributed by atoms with Crippen LogP contribution >= 0.6 is 11.6 Å². The molecule has 0 aliphatic rings. The van der Waals surface area contributed by atoms with Gasteiger partial charge in [-0.15, -0.1) is 0 Å². The lowest BCUT2D eigenvalue weighted by atomic mass is 10.0. The molecule has 0 aliphatic heterocycles. The molecule has 2 heterocycles. The van der Waals surface area contributed by atoms with Gasteiger partial charge in [-0.1, -0.05) is 54.1 Å². The highest BCUT2D eigenvalue weighted by Gasteiger charge is 2.20. The van der Waals surface area contributed by atoms with Gasteiger partial charge in [0.1, 0.15) is 17.5 Å². The Morgan fingerprint density at radius 1 is 1.04 bits per heavy atom. The van der Waals surface area contributed by atoms with Gasteiger partial charge >= 0.3 is 0 Å². The zero-order valence-electron chi connectivity index (χ0n) is 13.9. The largest absolute Gasteiger partial charge is 0.382 e. The number of hydrogen-bond acceptors (Lipinski definition) is 4. The summed E-state index contributed by atoms with van der Waals surface area (Å²) in [7, 11) is 0. The summed E-state index contributed by atoms with van der Waals surface area (Å²) in [4.78, 5) is 4.76. The fourth-order valence-corrected chi connectivity index (χ4v) is 3.17. The molecule has 0 radical (unpaired) electrons. The number of aryl methyl sites for hydroxylation is 1. The number of nitrogens with two attached hydrogens (primary N) is 1. The Balaban J connectivity index is 2.07. The van der Waals surface area contributed by atoms with E-state index in [-0.39, 0.29) is 5.82 Å². The number of fused-ring (bicyclic) bond motifs is 1. The smallest absolute Gasteiger partial charge is 0.166 e. The van der Waals surface area contributed by atoms with Gasteiger partial charge < -0.3 is 5.73 Å². The van der Waals surface area contributed by atoms with Gasteiger partial charge in [0.2, 0.25) is 0 Å². The normalized spacial score (nSPS) is 10.8. The Morgan fingerprint density at radius 3 is 2.38 bits per heavy atom. The predicted molar refractivity (Wildman–Crippen MR) is 103 cm³/mol. The number of halogens is 1. The summed E-state index contributed by atoms with van der Waals surface area (Å²) in [6.45, 7) is 1.90. The van der Waals surface area contributed by atoms with E-state index in [0.29, 0.717) is 21.9 Å². The van der Waals surface area contributed by atoms with E-state index in [1.54, 1.807) is 0 Å². The van der Waals surface area contributed by atoms with E-state index in [2.05, 4.69) is 11.2 Å². The first-order chi connectivity index (χ1) is 12.6. The van der Waals surface area contributed by atoms with Crippen molar-refractivity contribution in [3.63, 3.8) is 0 Å². The molecule has 5 nitrogen and oxygen atoms in total. The second-order valence-corrected chi connectivity index (χ2v) is 6.34. The maximum absolute atomic E-state index is 9.62. The molecule has 2 N–H and O–H groups in total. The van der Waals surface area contributed by atoms with Gasteiger partial charge in [0.25, 0.3) is 0 Å². The molecule has 4 rings (SSSR count). The number of aromatic nitrogens is 3. The summed E-state index contributed by atoms with van der Waals surface area (Å²) in [5.74, 6) is 0.277. The molecule has 0 saturated heterocycles. The summed E-state index contributed by atoms with van der Waals surface area (Å²) in [5, 5.41) is 14.8. The lowest BCUT2D eigenvalue weighted by Gasteiger charge is -2.09. The Kier molecular flexibility index (Phi) is 3.83. The van der Waals surface area contributed by atoms with Gasteiger partial charge in [-0.25, -0.2) is 4.98 Å². The third-order valence-corrected chi connectivity index (χ3v) is 4.52. The summed E-state index contributed by atoms with van der Waals surface area (Å²) >= 11 is 6.01. The minimum Gasteiger partial charge on any atom is -0.382 e. The zero-order valence-corrected chi connectivity index (χ0v) is 14.7. The topological polar surface area (TPSA) is 80.0 Å². The molecule has 0 amide bonds. The van der Waals surface area contributed by atoms with Crippen molar-refractivity contribution in [3.8, 4) is 28.5 Å². The number of anilines is 1.